The average molecular weight is 197 g/mol. The molecule has 1 unspecified atom stereocenters. The minimum atomic E-state index is 0.132. The van der Waals surface area contributed by atoms with Crippen LogP contribution in [0.25, 0.3) is 0 Å². The van der Waals surface area contributed by atoms with E-state index in [0.29, 0.717) is 12.1 Å². The molecule has 0 radical (unpaired) electrons. The van der Waals surface area contributed by atoms with E-state index < -0.39 is 0 Å². The molecule has 0 spiro atoms. The zero-order valence-electron chi connectivity index (χ0n) is 8.78. The first-order valence-corrected chi connectivity index (χ1v) is 5.42. The molecule has 4 heteroatoms. The summed E-state index contributed by atoms with van der Waals surface area (Å²) in [5.74, 6) is 0.132. The molecule has 14 heavy (non-hydrogen) atoms. The van der Waals surface area contributed by atoms with Crippen LogP contribution in [0.15, 0.2) is 0 Å². The lowest BCUT2D eigenvalue weighted by Crippen LogP contribution is -2.46. The summed E-state index contributed by atoms with van der Waals surface area (Å²) in [6, 6.07) is 0.922. The second kappa shape index (κ2) is 3.87. The number of nitrogens with zero attached hydrogens (tertiary/aromatic N) is 2. The topological polar surface area (TPSA) is 49.6 Å². The van der Waals surface area contributed by atoms with Crippen LogP contribution in [0.1, 0.15) is 19.3 Å². The highest BCUT2D eigenvalue weighted by atomic mass is 16.2. The minimum absolute atomic E-state index is 0.132. The van der Waals surface area contributed by atoms with Crippen LogP contribution in [0.5, 0.6) is 0 Å². The SMILES string of the molecule is CN1CCC(N(C(=O)CN)C2CC2)C1. The van der Waals surface area contributed by atoms with Crippen LogP contribution in [-0.4, -0.2) is 54.5 Å². The Labute approximate surface area is 85.0 Å². The quantitative estimate of drug-likeness (QED) is 0.672. The molecule has 2 fully saturated rings. The van der Waals surface area contributed by atoms with E-state index in [0.717, 1.165) is 19.5 Å². The Morgan fingerprint density at radius 1 is 1.43 bits per heavy atom. The van der Waals surface area contributed by atoms with Crippen molar-refractivity contribution in [2.45, 2.75) is 31.3 Å². The van der Waals surface area contributed by atoms with Gasteiger partial charge in [0.1, 0.15) is 0 Å². The van der Waals surface area contributed by atoms with E-state index >= 15 is 0 Å². The molecule has 1 heterocycles. The van der Waals surface area contributed by atoms with E-state index in [9.17, 15) is 4.79 Å². The van der Waals surface area contributed by atoms with Gasteiger partial charge < -0.3 is 15.5 Å². The molecule has 1 aliphatic heterocycles. The molecular weight excluding hydrogens is 178 g/mol. The Bertz CT molecular complexity index is 227. The number of carbonyl (C=O) groups is 1. The van der Waals surface area contributed by atoms with Gasteiger partial charge in [0.05, 0.1) is 6.54 Å². The highest BCUT2D eigenvalue weighted by Crippen LogP contribution is 2.31. The average Bonchev–Trinajstić information content (AvgIpc) is 2.90. The van der Waals surface area contributed by atoms with Crippen molar-refractivity contribution < 1.29 is 4.79 Å². The van der Waals surface area contributed by atoms with Gasteiger partial charge >= 0.3 is 0 Å². The fraction of sp³-hybridized carbons (Fsp3) is 0.900. The first-order chi connectivity index (χ1) is 6.72. The van der Waals surface area contributed by atoms with Crippen molar-refractivity contribution >= 4 is 5.91 Å². The molecule has 1 aliphatic carbocycles. The molecule has 0 bridgehead atoms. The number of likely N-dealkylation sites (tertiary alicyclic amines) is 1. The lowest BCUT2D eigenvalue weighted by atomic mass is 10.2. The van der Waals surface area contributed by atoms with Gasteiger partial charge in [-0.25, -0.2) is 0 Å². The van der Waals surface area contributed by atoms with Gasteiger partial charge in [-0.3, -0.25) is 4.79 Å². The number of hydrogen-bond donors (Lipinski definition) is 1. The summed E-state index contributed by atoms with van der Waals surface area (Å²) >= 11 is 0. The van der Waals surface area contributed by atoms with E-state index in [1.54, 1.807) is 0 Å². The smallest absolute Gasteiger partial charge is 0.236 e. The van der Waals surface area contributed by atoms with Crippen LogP contribution in [0.4, 0.5) is 0 Å². The van der Waals surface area contributed by atoms with Crippen LogP contribution in [0, 0.1) is 0 Å². The zero-order chi connectivity index (χ0) is 10.1. The van der Waals surface area contributed by atoms with E-state index in [1.165, 1.54) is 12.8 Å². The lowest BCUT2D eigenvalue weighted by Gasteiger charge is -2.28. The van der Waals surface area contributed by atoms with Gasteiger partial charge in [-0.1, -0.05) is 0 Å². The van der Waals surface area contributed by atoms with E-state index in [2.05, 4.69) is 11.9 Å². The molecule has 0 aromatic rings. The molecule has 2 N–H and O–H groups in total. The highest BCUT2D eigenvalue weighted by Gasteiger charge is 2.38. The normalized spacial score (nSPS) is 28.0. The fourth-order valence-electron chi connectivity index (χ4n) is 2.30. The van der Waals surface area contributed by atoms with Crippen LogP contribution in [0.3, 0.4) is 0 Å². The van der Waals surface area contributed by atoms with Crippen molar-refractivity contribution in [2.24, 2.45) is 5.73 Å². The molecular formula is C10H19N3O. The molecule has 0 aromatic heterocycles. The Hall–Kier alpha value is -0.610. The monoisotopic (exact) mass is 197 g/mol. The summed E-state index contributed by atoms with van der Waals surface area (Å²) in [6.07, 6.45) is 3.46. The largest absolute Gasteiger partial charge is 0.334 e. The van der Waals surface area contributed by atoms with Gasteiger partial charge in [0.15, 0.2) is 0 Å². The molecule has 1 saturated heterocycles. The lowest BCUT2D eigenvalue weighted by molar-refractivity contribution is -0.132. The van der Waals surface area contributed by atoms with Gasteiger partial charge in [0.2, 0.25) is 5.91 Å². The first-order valence-electron chi connectivity index (χ1n) is 5.42. The second-order valence-corrected chi connectivity index (χ2v) is 4.44. The summed E-state index contributed by atoms with van der Waals surface area (Å²) < 4.78 is 0. The van der Waals surface area contributed by atoms with Gasteiger partial charge in [0, 0.05) is 18.6 Å². The van der Waals surface area contributed by atoms with E-state index in [4.69, 9.17) is 5.73 Å². The maximum Gasteiger partial charge on any atom is 0.236 e. The summed E-state index contributed by atoms with van der Waals surface area (Å²) in [5, 5.41) is 0. The van der Waals surface area contributed by atoms with Crippen LogP contribution >= 0.6 is 0 Å². The molecule has 1 saturated carbocycles. The summed E-state index contributed by atoms with van der Waals surface area (Å²) in [4.78, 5) is 16.0. The molecule has 2 rings (SSSR count). The first kappa shape index (κ1) is 9.93. The summed E-state index contributed by atoms with van der Waals surface area (Å²) in [5.41, 5.74) is 5.44. The number of nitrogens with two attached hydrogens (primary N) is 1. The van der Waals surface area contributed by atoms with Gasteiger partial charge in [-0.05, 0) is 32.9 Å². The predicted octanol–water partition coefficient (Wildman–Crippen LogP) is -0.360. The number of amides is 1. The number of rotatable bonds is 3. The Morgan fingerprint density at radius 2 is 2.14 bits per heavy atom. The molecule has 2 aliphatic rings. The van der Waals surface area contributed by atoms with Crippen LogP contribution in [0.2, 0.25) is 0 Å². The van der Waals surface area contributed by atoms with E-state index in [1.807, 2.05) is 4.90 Å². The molecule has 80 valence electrons. The van der Waals surface area contributed by atoms with Crippen LogP contribution in [-0.2, 0) is 4.79 Å². The Balaban J connectivity index is 1.99. The molecule has 0 aromatic carbocycles. The molecule has 1 atom stereocenters. The van der Waals surface area contributed by atoms with Crippen molar-refractivity contribution in [1.82, 2.24) is 9.80 Å². The van der Waals surface area contributed by atoms with Gasteiger partial charge in [-0.2, -0.15) is 0 Å². The van der Waals surface area contributed by atoms with E-state index in [-0.39, 0.29) is 12.5 Å². The number of likely N-dealkylation sites (N-methyl/N-ethyl adjacent to an activating group) is 1. The van der Waals surface area contributed by atoms with Crippen molar-refractivity contribution in [3.63, 3.8) is 0 Å². The maximum atomic E-state index is 11.7. The third-order valence-corrected chi connectivity index (χ3v) is 3.16. The maximum absolute atomic E-state index is 11.7. The molecule has 4 nitrogen and oxygen atoms in total. The number of hydrogen-bond acceptors (Lipinski definition) is 3. The van der Waals surface area contributed by atoms with Crippen molar-refractivity contribution in [3.8, 4) is 0 Å². The predicted molar refractivity (Wildman–Crippen MR) is 54.8 cm³/mol. The van der Waals surface area contributed by atoms with Crippen molar-refractivity contribution in [2.75, 3.05) is 26.7 Å². The zero-order valence-corrected chi connectivity index (χ0v) is 8.78. The fourth-order valence-corrected chi connectivity index (χ4v) is 2.30. The Morgan fingerprint density at radius 3 is 2.57 bits per heavy atom. The third kappa shape index (κ3) is 1.91. The van der Waals surface area contributed by atoms with Gasteiger partial charge in [0.25, 0.3) is 0 Å². The standard InChI is InChI=1S/C10H19N3O/c1-12-5-4-9(7-12)13(8-2-3-8)10(14)6-11/h8-9H,2-7,11H2,1H3. The third-order valence-electron chi connectivity index (χ3n) is 3.16. The molecule has 1 amide bonds. The van der Waals surface area contributed by atoms with Crippen molar-refractivity contribution in [3.05, 3.63) is 0 Å². The van der Waals surface area contributed by atoms with Crippen molar-refractivity contribution in [1.29, 1.82) is 0 Å². The summed E-state index contributed by atoms with van der Waals surface area (Å²) in [6.45, 7) is 2.28. The number of carbonyl (C=O) groups excluding carboxylic acids is 1. The Kier molecular flexibility index (Phi) is 2.74. The minimum Gasteiger partial charge on any atom is -0.334 e. The highest BCUT2D eigenvalue weighted by molar-refractivity contribution is 5.79. The van der Waals surface area contributed by atoms with Gasteiger partial charge in [-0.15, -0.1) is 0 Å². The second-order valence-electron chi connectivity index (χ2n) is 4.44. The van der Waals surface area contributed by atoms with Crippen LogP contribution < -0.4 is 5.73 Å². The summed E-state index contributed by atoms with van der Waals surface area (Å²) in [7, 11) is 2.11.